The third kappa shape index (κ3) is 2.57. The minimum atomic E-state index is -3.43. The van der Waals surface area contributed by atoms with Crippen LogP contribution < -0.4 is 5.73 Å². The molecule has 112 valence electrons. The van der Waals surface area contributed by atoms with Crippen LogP contribution in [0.5, 0.6) is 0 Å². The van der Waals surface area contributed by atoms with Crippen LogP contribution in [0.2, 0.25) is 0 Å². The summed E-state index contributed by atoms with van der Waals surface area (Å²) >= 11 is 0. The van der Waals surface area contributed by atoms with Gasteiger partial charge in [-0.1, -0.05) is 37.3 Å². The molecule has 2 aromatic rings. The van der Waals surface area contributed by atoms with Crippen molar-refractivity contribution in [2.45, 2.75) is 18.2 Å². The lowest BCUT2D eigenvalue weighted by atomic mass is 9.90. The van der Waals surface area contributed by atoms with Gasteiger partial charge in [-0.15, -0.1) is 0 Å². The second kappa shape index (κ2) is 5.09. The molecule has 1 aliphatic heterocycles. The van der Waals surface area contributed by atoms with Gasteiger partial charge in [0.2, 0.25) is 10.0 Å². The highest BCUT2D eigenvalue weighted by molar-refractivity contribution is 7.89. The standard InChI is InChI=1S/C16H20N2O2S/c1-16(11-17)8-9-18(12-16)21(19,20)15-7-6-13-4-2-3-5-14(13)10-15/h2-7,10H,8-9,11-12,17H2,1H3. The van der Waals surface area contributed by atoms with E-state index < -0.39 is 10.0 Å². The fourth-order valence-corrected chi connectivity index (χ4v) is 4.45. The van der Waals surface area contributed by atoms with Crippen LogP contribution in [0.25, 0.3) is 10.8 Å². The van der Waals surface area contributed by atoms with Crippen LogP contribution >= 0.6 is 0 Å². The minimum absolute atomic E-state index is 0.107. The molecule has 0 bridgehead atoms. The van der Waals surface area contributed by atoms with Crippen LogP contribution in [-0.2, 0) is 10.0 Å². The largest absolute Gasteiger partial charge is 0.330 e. The average Bonchev–Trinajstić information content (AvgIpc) is 2.91. The molecule has 0 aliphatic carbocycles. The van der Waals surface area contributed by atoms with Crippen LogP contribution in [0.1, 0.15) is 13.3 Å². The summed E-state index contributed by atoms with van der Waals surface area (Å²) < 4.78 is 27.1. The number of fused-ring (bicyclic) bond motifs is 1. The lowest BCUT2D eigenvalue weighted by molar-refractivity contribution is 0.349. The van der Waals surface area contributed by atoms with Gasteiger partial charge in [0, 0.05) is 13.1 Å². The Bertz CT molecular complexity index is 773. The molecular weight excluding hydrogens is 284 g/mol. The van der Waals surface area contributed by atoms with E-state index in [1.807, 2.05) is 37.3 Å². The first-order valence-corrected chi connectivity index (χ1v) is 8.58. The van der Waals surface area contributed by atoms with Gasteiger partial charge in [0.1, 0.15) is 0 Å². The number of sulfonamides is 1. The summed E-state index contributed by atoms with van der Waals surface area (Å²) in [6.07, 6.45) is 0.816. The zero-order chi connectivity index (χ0) is 15.1. The first-order chi connectivity index (χ1) is 9.94. The Hall–Kier alpha value is -1.43. The Morgan fingerprint density at radius 1 is 1.19 bits per heavy atom. The van der Waals surface area contributed by atoms with E-state index in [-0.39, 0.29) is 5.41 Å². The average molecular weight is 304 g/mol. The van der Waals surface area contributed by atoms with Crippen molar-refractivity contribution in [1.82, 2.24) is 4.31 Å². The molecule has 2 aromatic carbocycles. The minimum Gasteiger partial charge on any atom is -0.330 e. The smallest absolute Gasteiger partial charge is 0.243 e. The van der Waals surface area contributed by atoms with Crippen molar-refractivity contribution in [1.29, 1.82) is 0 Å². The van der Waals surface area contributed by atoms with E-state index in [4.69, 9.17) is 5.73 Å². The fourth-order valence-electron chi connectivity index (χ4n) is 2.83. The van der Waals surface area contributed by atoms with Crippen molar-refractivity contribution in [3.05, 3.63) is 42.5 Å². The maximum Gasteiger partial charge on any atom is 0.243 e. The molecule has 1 saturated heterocycles. The summed E-state index contributed by atoms with van der Waals surface area (Å²) in [5.41, 5.74) is 5.66. The first-order valence-electron chi connectivity index (χ1n) is 7.14. The third-order valence-electron chi connectivity index (χ3n) is 4.37. The van der Waals surface area contributed by atoms with Gasteiger partial charge in [-0.2, -0.15) is 4.31 Å². The Kier molecular flexibility index (Phi) is 3.51. The zero-order valence-corrected chi connectivity index (χ0v) is 12.9. The molecule has 21 heavy (non-hydrogen) atoms. The Labute approximate surface area is 125 Å². The number of hydrogen-bond acceptors (Lipinski definition) is 3. The number of rotatable bonds is 3. The van der Waals surface area contributed by atoms with Crippen LogP contribution in [0.15, 0.2) is 47.4 Å². The molecule has 3 rings (SSSR count). The van der Waals surface area contributed by atoms with E-state index in [1.54, 1.807) is 16.4 Å². The molecule has 4 nitrogen and oxygen atoms in total. The van der Waals surface area contributed by atoms with Crippen molar-refractivity contribution in [2.75, 3.05) is 19.6 Å². The molecular formula is C16H20N2O2S. The maximum atomic E-state index is 12.8. The van der Waals surface area contributed by atoms with Crippen molar-refractivity contribution < 1.29 is 8.42 Å². The molecule has 0 radical (unpaired) electrons. The predicted octanol–water partition coefficient (Wildman–Crippen LogP) is 2.20. The zero-order valence-electron chi connectivity index (χ0n) is 12.1. The molecule has 0 spiro atoms. The van der Waals surface area contributed by atoms with Crippen LogP contribution in [-0.4, -0.2) is 32.4 Å². The van der Waals surface area contributed by atoms with Gasteiger partial charge in [0.05, 0.1) is 4.90 Å². The maximum absolute atomic E-state index is 12.8. The van der Waals surface area contributed by atoms with Crippen molar-refractivity contribution >= 4 is 20.8 Å². The molecule has 0 amide bonds. The highest BCUT2D eigenvalue weighted by Gasteiger charge is 2.38. The number of nitrogens with zero attached hydrogens (tertiary/aromatic N) is 1. The second-order valence-electron chi connectivity index (χ2n) is 6.11. The highest BCUT2D eigenvalue weighted by atomic mass is 32.2. The normalized spacial score (nSPS) is 23.7. The van der Waals surface area contributed by atoms with E-state index in [1.165, 1.54) is 0 Å². The van der Waals surface area contributed by atoms with Crippen molar-refractivity contribution in [3.63, 3.8) is 0 Å². The van der Waals surface area contributed by atoms with Gasteiger partial charge in [-0.3, -0.25) is 0 Å². The number of hydrogen-bond donors (Lipinski definition) is 1. The van der Waals surface area contributed by atoms with E-state index in [2.05, 4.69) is 0 Å². The molecule has 1 heterocycles. The van der Waals surface area contributed by atoms with Crippen LogP contribution in [0, 0.1) is 5.41 Å². The molecule has 1 atom stereocenters. The lowest BCUT2D eigenvalue weighted by Gasteiger charge is -2.22. The Morgan fingerprint density at radius 3 is 2.57 bits per heavy atom. The summed E-state index contributed by atoms with van der Waals surface area (Å²) in [6.45, 7) is 3.60. The van der Waals surface area contributed by atoms with E-state index in [0.717, 1.165) is 17.2 Å². The van der Waals surface area contributed by atoms with Gasteiger partial charge in [0.15, 0.2) is 0 Å². The quantitative estimate of drug-likeness (QED) is 0.945. The van der Waals surface area contributed by atoms with E-state index in [9.17, 15) is 8.42 Å². The monoisotopic (exact) mass is 304 g/mol. The van der Waals surface area contributed by atoms with E-state index >= 15 is 0 Å². The van der Waals surface area contributed by atoms with Gasteiger partial charge >= 0.3 is 0 Å². The van der Waals surface area contributed by atoms with Crippen molar-refractivity contribution in [3.8, 4) is 0 Å². The molecule has 1 fully saturated rings. The molecule has 1 aliphatic rings. The number of nitrogens with two attached hydrogens (primary N) is 1. The molecule has 0 saturated carbocycles. The molecule has 5 heteroatoms. The molecule has 2 N–H and O–H groups in total. The third-order valence-corrected chi connectivity index (χ3v) is 6.22. The summed E-state index contributed by atoms with van der Waals surface area (Å²) in [4.78, 5) is 0.363. The fraction of sp³-hybridized carbons (Fsp3) is 0.375. The summed E-state index contributed by atoms with van der Waals surface area (Å²) in [6, 6.07) is 13.1. The summed E-state index contributed by atoms with van der Waals surface area (Å²) in [5.74, 6) is 0. The number of benzene rings is 2. The van der Waals surface area contributed by atoms with Gasteiger partial charge < -0.3 is 5.73 Å². The second-order valence-corrected chi connectivity index (χ2v) is 8.05. The summed E-state index contributed by atoms with van der Waals surface area (Å²) in [5, 5.41) is 1.99. The van der Waals surface area contributed by atoms with E-state index in [0.29, 0.717) is 24.5 Å². The molecule has 0 aromatic heterocycles. The Balaban J connectivity index is 1.97. The highest BCUT2D eigenvalue weighted by Crippen LogP contribution is 2.33. The van der Waals surface area contributed by atoms with Crippen molar-refractivity contribution in [2.24, 2.45) is 11.1 Å². The van der Waals surface area contributed by atoms with Gasteiger partial charge in [-0.05, 0) is 41.3 Å². The van der Waals surface area contributed by atoms with Crippen LogP contribution in [0.3, 0.4) is 0 Å². The topological polar surface area (TPSA) is 63.4 Å². The lowest BCUT2D eigenvalue weighted by Crippen LogP contribution is -2.34. The first kappa shape index (κ1) is 14.5. The van der Waals surface area contributed by atoms with Gasteiger partial charge in [0.25, 0.3) is 0 Å². The predicted molar refractivity (Wildman–Crippen MR) is 84.5 cm³/mol. The van der Waals surface area contributed by atoms with Crippen LogP contribution in [0.4, 0.5) is 0 Å². The Morgan fingerprint density at radius 2 is 1.90 bits per heavy atom. The SMILES string of the molecule is CC1(CN)CCN(S(=O)(=O)c2ccc3ccccc3c2)C1. The van der Waals surface area contributed by atoms with Gasteiger partial charge in [-0.25, -0.2) is 8.42 Å². The summed E-state index contributed by atoms with van der Waals surface area (Å²) in [7, 11) is -3.43. The molecule has 1 unspecified atom stereocenters.